The lowest BCUT2D eigenvalue weighted by Gasteiger charge is -2.05. The summed E-state index contributed by atoms with van der Waals surface area (Å²) in [5.41, 5.74) is 6.42. The van der Waals surface area contributed by atoms with E-state index < -0.39 is 0 Å². The van der Waals surface area contributed by atoms with Gasteiger partial charge in [0, 0.05) is 20.3 Å². The Labute approximate surface area is 114 Å². The first kappa shape index (κ1) is 13.2. The molecule has 1 amide bonds. The highest BCUT2D eigenvalue weighted by molar-refractivity contribution is 7.18. The zero-order valence-corrected chi connectivity index (χ0v) is 11.4. The largest absolute Gasteiger partial charge is 0.382 e. The quantitative estimate of drug-likeness (QED) is 0.846. The fraction of sp³-hybridized carbons (Fsp3) is 0.273. The van der Waals surface area contributed by atoms with Gasteiger partial charge in [0.1, 0.15) is 10.7 Å². The number of anilines is 2. The van der Waals surface area contributed by atoms with Crippen molar-refractivity contribution in [2.75, 3.05) is 24.7 Å². The highest BCUT2D eigenvalue weighted by Gasteiger charge is 2.16. The average molecular weight is 278 g/mol. The number of carbonyl (C=O) groups excluding carboxylic acids is 1. The molecule has 2 aromatic rings. The molecule has 0 atom stereocenters. The molecular weight excluding hydrogens is 264 g/mol. The molecule has 0 spiro atoms. The van der Waals surface area contributed by atoms with Crippen molar-refractivity contribution in [1.82, 2.24) is 20.5 Å². The van der Waals surface area contributed by atoms with E-state index in [4.69, 9.17) is 5.73 Å². The van der Waals surface area contributed by atoms with Crippen molar-refractivity contribution in [1.29, 1.82) is 0 Å². The number of thiazole rings is 1. The van der Waals surface area contributed by atoms with Gasteiger partial charge in [-0.25, -0.2) is 4.98 Å². The number of aromatic nitrogens is 3. The van der Waals surface area contributed by atoms with Gasteiger partial charge < -0.3 is 16.0 Å². The Kier molecular flexibility index (Phi) is 3.91. The van der Waals surface area contributed by atoms with E-state index in [2.05, 4.69) is 20.5 Å². The average Bonchev–Trinajstić information content (AvgIpc) is 2.80. The molecule has 0 saturated heterocycles. The van der Waals surface area contributed by atoms with Crippen LogP contribution < -0.4 is 16.0 Å². The van der Waals surface area contributed by atoms with Crippen LogP contribution in [0.5, 0.6) is 0 Å². The van der Waals surface area contributed by atoms with Crippen molar-refractivity contribution >= 4 is 28.2 Å². The summed E-state index contributed by atoms with van der Waals surface area (Å²) >= 11 is 1.25. The Morgan fingerprint density at radius 3 is 2.89 bits per heavy atom. The lowest BCUT2D eigenvalue weighted by atomic mass is 10.3. The molecule has 0 bridgehead atoms. The summed E-state index contributed by atoms with van der Waals surface area (Å²) in [4.78, 5) is 18.3. The predicted molar refractivity (Wildman–Crippen MR) is 74.1 cm³/mol. The van der Waals surface area contributed by atoms with Crippen molar-refractivity contribution in [2.45, 2.75) is 6.54 Å². The summed E-state index contributed by atoms with van der Waals surface area (Å²) in [5, 5.41) is 11.1. The van der Waals surface area contributed by atoms with E-state index in [9.17, 15) is 4.79 Å². The van der Waals surface area contributed by atoms with Gasteiger partial charge in [0.05, 0.1) is 12.2 Å². The van der Waals surface area contributed by atoms with Crippen molar-refractivity contribution in [3.63, 3.8) is 0 Å². The number of hydrogen-bond acceptors (Lipinski definition) is 7. The molecule has 8 heteroatoms. The molecule has 3 N–H and O–H groups in total. The van der Waals surface area contributed by atoms with Crippen LogP contribution >= 0.6 is 11.3 Å². The molecule has 2 rings (SSSR count). The topological polar surface area (TPSA) is 97.0 Å². The van der Waals surface area contributed by atoms with Crippen molar-refractivity contribution in [3.8, 4) is 0 Å². The van der Waals surface area contributed by atoms with Gasteiger partial charge in [0.15, 0.2) is 5.13 Å². The fourth-order valence-corrected chi connectivity index (χ4v) is 2.18. The van der Waals surface area contributed by atoms with E-state index in [1.54, 1.807) is 23.2 Å². The molecule has 2 heterocycles. The lowest BCUT2D eigenvalue weighted by molar-refractivity contribution is 0.0955. The molecule has 100 valence electrons. The number of carbonyl (C=O) groups is 1. The smallest absolute Gasteiger partial charge is 0.265 e. The molecule has 7 nitrogen and oxygen atoms in total. The van der Waals surface area contributed by atoms with Crippen LogP contribution in [0.15, 0.2) is 18.3 Å². The van der Waals surface area contributed by atoms with Crippen LogP contribution in [-0.4, -0.2) is 35.2 Å². The summed E-state index contributed by atoms with van der Waals surface area (Å²) in [5.74, 6) is -0.0147. The van der Waals surface area contributed by atoms with Crippen LogP contribution in [-0.2, 0) is 6.54 Å². The minimum Gasteiger partial charge on any atom is -0.382 e. The number of amides is 1. The highest BCUT2D eigenvalue weighted by Crippen LogP contribution is 2.26. The van der Waals surface area contributed by atoms with Gasteiger partial charge >= 0.3 is 0 Å². The van der Waals surface area contributed by atoms with Gasteiger partial charge in [0.2, 0.25) is 0 Å². The van der Waals surface area contributed by atoms with Crippen molar-refractivity contribution in [2.24, 2.45) is 0 Å². The molecule has 0 aliphatic carbocycles. The Morgan fingerprint density at radius 2 is 2.32 bits per heavy atom. The number of nitrogen functional groups attached to an aromatic ring is 1. The molecule has 0 aliphatic heterocycles. The minimum absolute atomic E-state index is 0.241. The van der Waals surface area contributed by atoms with Gasteiger partial charge in [0.25, 0.3) is 5.91 Å². The van der Waals surface area contributed by atoms with Crippen LogP contribution in [0.4, 0.5) is 10.9 Å². The predicted octanol–water partition coefficient (Wildman–Crippen LogP) is 0.511. The van der Waals surface area contributed by atoms with E-state index in [1.807, 2.05) is 14.1 Å². The monoisotopic (exact) mass is 278 g/mol. The van der Waals surface area contributed by atoms with Gasteiger partial charge in [-0.1, -0.05) is 11.3 Å². The van der Waals surface area contributed by atoms with E-state index in [0.717, 1.165) is 0 Å². The second-order valence-corrected chi connectivity index (χ2v) is 4.98. The first-order valence-electron chi connectivity index (χ1n) is 5.56. The number of nitrogens with zero attached hydrogens (tertiary/aromatic N) is 4. The third-order valence-electron chi connectivity index (χ3n) is 2.29. The van der Waals surface area contributed by atoms with Crippen molar-refractivity contribution < 1.29 is 4.79 Å². The number of nitrogens with two attached hydrogens (primary N) is 1. The SMILES string of the molecule is CN(C)c1nc(N)c(C(=O)NCc2cccnn2)s1. The maximum absolute atomic E-state index is 12.0. The standard InChI is InChI=1S/C11H14N6OS/c1-17(2)11-15-9(12)8(19-11)10(18)13-6-7-4-3-5-14-16-7/h3-5H,6,12H2,1-2H3,(H,13,18). The molecule has 0 saturated carbocycles. The first-order valence-corrected chi connectivity index (χ1v) is 6.38. The summed E-state index contributed by atoms with van der Waals surface area (Å²) < 4.78 is 0. The second-order valence-electron chi connectivity index (χ2n) is 4.00. The Hall–Kier alpha value is -2.22. The number of nitrogens with one attached hydrogen (secondary N) is 1. The normalized spacial score (nSPS) is 10.2. The van der Waals surface area contributed by atoms with E-state index in [1.165, 1.54) is 11.3 Å². The summed E-state index contributed by atoms with van der Waals surface area (Å²) in [7, 11) is 3.69. The Morgan fingerprint density at radius 1 is 1.53 bits per heavy atom. The van der Waals surface area contributed by atoms with E-state index >= 15 is 0 Å². The zero-order chi connectivity index (χ0) is 13.8. The summed E-state index contributed by atoms with van der Waals surface area (Å²) in [6.07, 6.45) is 1.58. The maximum atomic E-state index is 12.0. The van der Waals surface area contributed by atoms with Gasteiger partial charge in [-0.2, -0.15) is 10.2 Å². The lowest BCUT2D eigenvalue weighted by Crippen LogP contribution is -2.23. The Balaban J connectivity index is 2.04. The molecule has 0 radical (unpaired) electrons. The third-order valence-corrected chi connectivity index (χ3v) is 3.53. The zero-order valence-electron chi connectivity index (χ0n) is 10.6. The van der Waals surface area contributed by atoms with Gasteiger partial charge in [-0.15, -0.1) is 0 Å². The number of rotatable bonds is 4. The first-order chi connectivity index (χ1) is 9.08. The van der Waals surface area contributed by atoms with Crippen LogP contribution in [0.25, 0.3) is 0 Å². The molecule has 0 aliphatic rings. The number of hydrogen-bond donors (Lipinski definition) is 2. The van der Waals surface area contributed by atoms with Crippen LogP contribution in [0.2, 0.25) is 0 Å². The highest BCUT2D eigenvalue weighted by atomic mass is 32.1. The van der Waals surface area contributed by atoms with Crippen LogP contribution in [0, 0.1) is 0 Å². The molecule has 0 aromatic carbocycles. The summed E-state index contributed by atoms with van der Waals surface area (Å²) in [6, 6.07) is 3.55. The molecular formula is C11H14N6OS. The van der Waals surface area contributed by atoms with E-state index in [0.29, 0.717) is 22.2 Å². The van der Waals surface area contributed by atoms with Crippen molar-refractivity contribution in [3.05, 3.63) is 28.9 Å². The second kappa shape index (κ2) is 5.61. The van der Waals surface area contributed by atoms with E-state index in [-0.39, 0.29) is 11.7 Å². The summed E-state index contributed by atoms with van der Waals surface area (Å²) in [6.45, 7) is 0.307. The molecule has 2 aromatic heterocycles. The van der Waals surface area contributed by atoms with Crippen LogP contribution in [0.3, 0.4) is 0 Å². The Bertz CT molecular complexity index is 568. The third kappa shape index (κ3) is 3.16. The fourth-order valence-electron chi connectivity index (χ4n) is 1.35. The maximum Gasteiger partial charge on any atom is 0.265 e. The minimum atomic E-state index is -0.256. The molecule has 0 fully saturated rings. The van der Waals surface area contributed by atoms with Gasteiger partial charge in [-0.3, -0.25) is 4.79 Å². The molecule has 19 heavy (non-hydrogen) atoms. The molecule has 0 unspecified atom stereocenters. The van der Waals surface area contributed by atoms with Gasteiger partial charge in [-0.05, 0) is 12.1 Å². The van der Waals surface area contributed by atoms with Crippen LogP contribution in [0.1, 0.15) is 15.4 Å².